The number of anilines is 1. The summed E-state index contributed by atoms with van der Waals surface area (Å²) in [5, 5.41) is 6.82. The fourth-order valence-corrected chi connectivity index (χ4v) is 3.82. The van der Waals surface area contributed by atoms with E-state index in [2.05, 4.69) is 46.7 Å². The number of guanidine groups is 1. The van der Waals surface area contributed by atoms with Gasteiger partial charge in [-0.15, -0.1) is 0 Å². The standard InChI is InChI=1S/C20H32N4O/c1-3-21-19(24-13-11-20(16-24)9-4-10-20)23-15-17-5-7-18(8-6-17)22-12-14-25-2/h5-8,22H,3-4,9-16H2,1-2H3,(H,21,23). The molecule has 0 atom stereocenters. The number of methoxy groups -OCH3 is 1. The van der Waals surface area contributed by atoms with Gasteiger partial charge in [-0.3, -0.25) is 0 Å². The third-order valence-electron chi connectivity index (χ3n) is 5.49. The Kier molecular flexibility index (Phi) is 6.19. The van der Waals surface area contributed by atoms with Crippen LogP contribution in [0.4, 0.5) is 5.69 Å². The maximum Gasteiger partial charge on any atom is 0.194 e. The quantitative estimate of drug-likeness (QED) is 0.453. The molecule has 1 saturated heterocycles. The van der Waals surface area contributed by atoms with Crippen molar-refractivity contribution in [3.8, 4) is 0 Å². The van der Waals surface area contributed by atoms with Crippen LogP contribution in [0.1, 0.15) is 38.2 Å². The highest BCUT2D eigenvalue weighted by molar-refractivity contribution is 5.80. The molecule has 2 fully saturated rings. The van der Waals surface area contributed by atoms with Crippen LogP contribution >= 0.6 is 0 Å². The van der Waals surface area contributed by atoms with E-state index in [-0.39, 0.29) is 0 Å². The second-order valence-corrected chi connectivity index (χ2v) is 7.31. The summed E-state index contributed by atoms with van der Waals surface area (Å²) >= 11 is 0. The minimum absolute atomic E-state index is 0.603. The Labute approximate surface area is 151 Å². The number of ether oxygens (including phenoxy) is 1. The molecule has 0 amide bonds. The molecular weight excluding hydrogens is 312 g/mol. The number of nitrogens with one attached hydrogen (secondary N) is 2. The van der Waals surface area contributed by atoms with Crippen molar-refractivity contribution in [2.45, 2.75) is 39.2 Å². The molecule has 0 radical (unpaired) electrons. The lowest BCUT2D eigenvalue weighted by Crippen LogP contribution is -2.42. The van der Waals surface area contributed by atoms with Crippen LogP contribution in [0.3, 0.4) is 0 Å². The highest BCUT2D eigenvalue weighted by Crippen LogP contribution is 2.47. The molecule has 1 aromatic carbocycles. The van der Waals surface area contributed by atoms with Gasteiger partial charge in [0.05, 0.1) is 13.2 Å². The van der Waals surface area contributed by atoms with Gasteiger partial charge in [-0.05, 0) is 49.3 Å². The maximum absolute atomic E-state index is 5.06. The molecule has 0 bridgehead atoms. The molecule has 1 aliphatic carbocycles. The van der Waals surface area contributed by atoms with Crippen LogP contribution < -0.4 is 10.6 Å². The summed E-state index contributed by atoms with van der Waals surface area (Å²) in [5.41, 5.74) is 2.97. The van der Waals surface area contributed by atoms with Crippen LogP contribution in [-0.4, -0.2) is 50.8 Å². The van der Waals surface area contributed by atoms with Gasteiger partial charge in [0, 0.05) is 39.0 Å². The van der Waals surface area contributed by atoms with Crippen molar-refractivity contribution in [2.75, 3.05) is 45.2 Å². The van der Waals surface area contributed by atoms with Crippen molar-refractivity contribution < 1.29 is 4.74 Å². The maximum atomic E-state index is 5.06. The third-order valence-corrected chi connectivity index (χ3v) is 5.49. The van der Waals surface area contributed by atoms with E-state index < -0.39 is 0 Å². The number of rotatable bonds is 7. The number of nitrogens with zero attached hydrogens (tertiary/aromatic N) is 2. The first-order chi connectivity index (χ1) is 12.2. The van der Waals surface area contributed by atoms with E-state index in [4.69, 9.17) is 9.73 Å². The summed E-state index contributed by atoms with van der Waals surface area (Å²) in [7, 11) is 1.72. The highest BCUT2D eigenvalue weighted by Gasteiger charge is 2.43. The van der Waals surface area contributed by atoms with Gasteiger partial charge in [-0.2, -0.15) is 0 Å². The fraction of sp³-hybridized carbons (Fsp3) is 0.650. The predicted molar refractivity (Wildman–Crippen MR) is 104 cm³/mol. The molecule has 1 saturated carbocycles. The van der Waals surface area contributed by atoms with Crippen LogP contribution in [0.25, 0.3) is 0 Å². The SMILES string of the molecule is CCNC(=NCc1ccc(NCCOC)cc1)N1CCC2(CCC2)C1. The van der Waals surface area contributed by atoms with Gasteiger partial charge in [0.2, 0.25) is 0 Å². The Morgan fingerprint density at radius 3 is 2.64 bits per heavy atom. The summed E-state index contributed by atoms with van der Waals surface area (Å²) in [4.78, 5) is 7.35. The third kappa shape index (κ3) is 4.66. The first-order valence-corrected chi connectivity index (χ1v) is 9.60. The zero-order valence-electron chi connectivity index (χ0n) is 15.7. The van der Waals surface area contributed by atoms with E-state index in [9.17, 15) is 0 Å². The van der Waals surface area contributed by atoms with E-state index >= 15 is 0 Å². The predicted octanol–water partition coefficient (Wildman–Crippen LogP) is 3.09. The molecule has 1 heterocycles. The van der Waals surface area contributed by atoms with E-state index in [1.165, 1.54) is 37.8 Å². The molecule has 1 aromatic rings. The minimum atomic E-state index is 0.603. The van der Waals surface area contributed by atoms with E-state index in [0.717, 1.165) is 44.4 Å². The van der Waals surface area contributed by atoms with Crippen LogP contribution in [-0.2, 0) is 11.3 Å². The fourth-order valence-electron chi connectivity index (χ4n) is 3.82. The Morgan fingerprint density at radius 1 is 1.24 bits per heavy atom. The topological polar surface area (TPSA) is 48.9 Å². The molecule has 0 aromatic heterocycles. The molecule has 1 aliphatic heterocycles. The Balaban J connectivity index is 1.56. The van der Waals surface area contributed by atoms with Crippen LogP contribution in [0.15, 0.2) is 29.3 Å². The summed E-state index contributed by atoms with van der Waals surface area (Å²) < 4.78 is 5.06. The molecule has 2 N–H and O–H groups in total. The molecule has 5 heteroatoms. The number of aliphatic imine (C=N–C) groups is 1. The molecule has 3 rings (SSSR count). The van der Waals surface area contributed by atoms with Crippen LogP contribution in [0.2, 0.25) is 0 Å². The second kappa shape index (κ2) is 8.56. The summed E-state index contributed by atoms with van der Waals surface area (Å²) in [5.74, 6) is 1.08. The normalized spacial score (nSPS) is 19.1. The molecule has 138 valence electrons. The Morgan fingerprint density at radius 2 is 2.04 bits per heavy atom. The zero-order chi connectivity index (χ0) is 17.5. The molecule has 1 spiro atoms. The first kappa shape index (κ1) is 18.1. The minimum Gasteiger partial charge on any atom is -0.383 e. The summed E-state index contributed by atoms with van der Waals surface area (Å²) in [6, 6.07) is 8.54. The van der Waals surface area contributed by atoms with E-state index in [1.54, 1.807) is 7.11 Å². The molecular formula is C20H32N4O. The smallest absolute Gasteiger partial charge is 0.194 e. The number of hydrogen-bond acceptors (Lipinski definition) is 3. The second-order valence-electron chi connectivity index (χ2n) is 7.31. The van der Waals surface area contributed by atoms with Crippen molar-refractivity contribution in [3.05, 3.63) is 29.8 Å². The molecule has 2 aliphatic rings. The van der Waals surface area contributed by atoms with Crippen molar-refractivity contribution in [3.63, 3.8) is 0 Å². The number of hydrogen-bond donors (Lipinski definition) is 2. The van der Waals surface area contributed by atoms with Crippen LogP contribution in [0.5, 0.6) is 0 Å². The average Bonchev–Trinajstić information content (AvgIpc) is 3.06. The largest absolute Gasteiger partial charge is 0.383 e. The number of benzene rings is 1. The Bertz CT molecular complexity index is 566. The van der Waals surface area contributed by atoms with Gasteiger partial charge in [-0.25, -0.2) is 4.99 Å². The lowest BCUT2D eigenvalue weighted by molar-refractivity contribution is 0.151. The van der Waals surface area contributed by atoms with Gasteiger partial charge in [0.1, 0.15) is 0 Å². The van der Waals surface area contributed by atoms with Crippen molar-refractivity contribution in [1.29, 1.82) is 0 Å². The van der Waals surface area contributed by atoms with Gasteiger partial charge in [0.15, 0.2) is 5.96 Å². The lowest BCUT2D eigenvalue weighted by Gasteiger charge is -2.38. The van der Waals surface area contributed by atoms with Gasteiger partial charge in [-0.1, -0.05) is 18.6 Å². The van der Waals surface area contributed by atoms with E-state index in [0.29, 0.717) is 5.41 Å². The lowest BCUT2D eigenvalue weighted by atomic mass is 9.68. The zero-order valence-corrected chi connectivity index (χ0v) is 15.7. The van der Waals surface area contributed by atoms with Gasteiger partial charge in [0.25, 0.3) is 0 Å². The summed E-state index contributed by atoms with van der Waals surface area (Å²) in [6.45, 7) is 7.67. The van der Waals surface area contributed by atoms with Crippen molar-refractivity contribution in [1.82, 2.24) is 10.2 Å². The first-order valence-electron chi connectivity index (χ1n) is 9.60. The highest BCUT2D eigenvalue weighted by atomic mass is 16.5. The van der Waals surface area contributed by atoms with Gasteiger partial charge < -0.3 is 20.3 Å². The van der Waals surface area contributed by atoms with Crippen LogP contribution in [0, 0.1) is 5.41 Å². The Hall–Kier alpha value is -1.75. The van der Waals surface area contributed by atoms with Crippen molar-refractivity contribution >= 4 is 11.6 Å². The van der Waals surface area contributed by atoms with Crippen molar-refractivity contribution in [2.24, 2.45) is 10.4 Å². The van der Waals surface area contributed by atoms with Gasteiger partial charge >= 0.3 is 0 Å². The molecule has 0 unspecified atom stereocenters. The number of likely N-dealkylation sites (tertiary alicyclic amines) is 1. The molecule has 25 heavy (non-hydrogen) atoms. The molecule has 5 nitrogen and oxygen atoms in total. The van der Waals surface area contributed by atoms with E-state index in [1.807, 2.05) is 0 Å². The summed E-state index contributed by atoms with van der Waals surface area (Å²) in [6.07, 6.45) is 5.55. The monoisotopic (exact) mass is 344 g/mol. The average molecular weight is 345 g/mol.